The van der Waals surface area contributed by atoms with Crippen LogP contribution >= 0.6 is 0 Å². The fourth-order valence-corrected chi connectivity index (χ4v) is 4.49. The average molecular weight is 348 g/mol. The molecule has 2 N–H and O–H groups in total. The Balaban J connectivity index is 1.67. The van der Waals surface area contributed by atoms with Crippen molar-refractivity contribution in [2.45, 2.75) is 72.1 Å². The van der Waals surface area contributed by atoms with Gasteiger partial charge >= 0.3 is 0 Å². The number of aryl methyl sites for hydroxylation is 1. The van der Waals surface area contributed by atoms with Crippen molar-refractivity contribution < 1.29 is 10.2 Å². The molecule has 1 aromatic heterocycles. The van der Waals surface area contributed by atoms with Crippen molar-refractivity contribution in [3.63, 3.8) is 0 Å². The predicted molar refractivity (Wildman–Crippen MR) is 99.1 cm³/mol. The number of nitrogens with zero attached hydrogens (tertiary/aromatic N) is 3. The molecule has 1 aromatic rings. The van der Waals surface area contributed by atoms with Gasteiger partial charge in [-0.2, -0.15) is 5.10 Å². The fraction of sp³-hybridized carbons (Fsp3) is 0.750. The van der Waals surface area contributed by atoms with Gasteiger partial charge < -0.3 is 10.2 Å². The van der Waals surface area contributed by atoms with Gasteiger partial charge in [0, 0.05) is 26.2 Å². The highest BCUT2D eigenvalue weighted by atomic mass is 16.3. The molecule has 5 heteroatoms. The minimum absolute atomic E-state index is 0.275. The molecular formula is C20H33N3O2. The standard InChI is InChI=1S/C20H33N3O2/c1-15-6-4-8-20(2,3)17(15)7-11-22-9-5-10-23-16(13-22)12-18(21-23)19(25)14-24/h12,19,24-25H,4-11,13-14H2,1-3H3/t19-/m1/s1. The van der Waals surface area contributed by atoms with Crippen LogP contribution in [0, 0.1) is 5.41 Å². The number of hydrogen-bond donors (Lipinski definition) is 2. The highest BCUT2D eigenvalue weighted by Crippen LogP contribution is 2.41. The summed E-state index contributed by atoms with van der Waals surface area (Å²) in [5.41, 5.74) is 5.34. The zero-order chi connectivity index (χ0) is 18.0. The topological polar surface area (TPSA) is 61.5 Å². The van der Waals surface area contributed by atoms with E-state index < -0.39 is 6.10 Å². The summed E-state index contributed by atoms with van der Waals surface area (Å²) in [5, 5.41) is 23.4. The summed E-state index contributed by atoms with van der Waals surface area (Å²) in [4.78, 5) is 2.51. The van der Waals surface area contributed by atoms with Gasteiger partial charge in [0.15, 0.2) is 0 Å². The maximum Gasteiger partial charge on any atom is 0.121 e. The van der Waals surface area contributed by atoms with Crippen molar-refractivity contribution >= 4 is 0 Å². The van der Waals surface area contributed by atoms with Gasteiger partial charge in [0.25, 0.3) is 0 Å². The predicted octanol–water partition coefficient (Wildman–Crippen LogP) is 3.03. The van der Waals surface area contributed by atoms with Crippen LogP contribution in [-0.4, -0.2) is 44.6 Å². The van der Waals surface area contributed by atoms with Crippen LogP contribution in [0.4, 0.5) is 0 Å². The first-order valence-corrected chi connectivity index (χ1v) is 9.68. The van der Waals surface area contributed by atoms with E-state index in [2.05, 4.69) is 30.8 Å². The Bertz CT molecular complexity index is 633. The SMILES string of the molecule is CC1=C(CCN2CCCn3nc([C@H](O)CO)cc3C2)C(C)(C)CCC1. The number of aliphatic hydroxyl groups excluding tert-OH is 2. The molecule has 2 aliphatic rings. The summed E-state index contributed by atoms with van der Waals surface area (Å²) in [7, 11) is 0. The second kappa shape index (κ2) is 7.60. The lowest BCUT2D eigenvalue weighted by atomic mass is 9.71. The van der Waals surface area contributed by atoms with E-state index in [0.29, 0.717) is 11.1 Å². The van der Waals surface area contributed by atoms with Crippen molar-refractivity contribution in [2.24, 2.45) is 5.41 Å². The Kier molecular flexibility index (Phi) is 5.66. The Morgan fingerprint density at radius 2 is 2.08 bits per heavy atom. The molecule has 140 valence electrons. The zero-order valence-electron chi connectivity index (χ0n) is 16.0. The van der Waals surface area contributed by atoms with Gasteiger partial charge in [-0.05, 0) is 50.5 Å². The Hall–Kier alpha value is -1.17. The molecule has 0 radical (unpaired) electrons. The number of rotatable bonds is 5. The van der Waals surface area contributed by atoms with Gasteiger partial charge in [0.1, 0.15) is 6.10 Å². The molecule has 0 bridgehead atoms. The summed E-state index contributed by atoms with van der Waals surface area (Å²) < 4.78 is 2.00. The second-order valence-electron chi connectivity index (χ2n) is 8.36. The van der Waals surface area contributed by atoms with E-state index >= 15 is 0 Å². The third kappa shape index (κ3) is 4.15. The van der Waals surface area contributed by atoms with Gasteiger partial charge in [0.05, 0.1) is 18.0 Å². The maximum atomic E-state index is 9.83. The molecule has 0 amide bonds. The molecule has 1 aliphatic carbocycles. The van der Waals surface area contributed by atoms with E-state index in [0.717, 1.165) is 44.7 Å². The normalized spacial score (nSPS) is 22.6. The van der Waals surface area contributed by atoms with Gasteiger partial charge in [0.2, 0.25) is 0 Å². The first-order valence-electron chi connectivity index (χ1n) is 9.68. The van der Waals surface area contributed by atoms with E-state index in [4.69, 9.17) is 5.11 Å². The largest absolute Gasteiger partial charge is 0.393 e. The first-order chi connectivity index (χ1) is 11.9. The van der Waals surface area contributed by atoms with Crippen LogP contribution in [0.25, 0.3) is 0 Å². The number of hydrogen-bond acceptors (Lipinski definition) is 4. The molecule has 0 fully saturated rings. The molecule has 0 spiro atoms. The smallest absolute Gasteiger partial charge is 0.121 e. The van der Waals surface area contributed by atoms with Crippen molar-refractivity contribution in [3.8, 4) is 0 Å². The van der Waals surface area contributed by atoms with Crippen LogP contribution in [0.3, 0.4) is 0 Å². The highest BCUT2D eigenvalue weighted by molar-refractivity contribution is 5.22. The highest BCUT2D eigenvalue weighted by Gasteiger charge is 2.28. The summed E-state index contributed by atoms with van der Waals surface area (Å²) in [5.74, 6) is 0. The first kappa shape index (κ1) is 18.6. The van der Waals surface area contributed by atoms with Crippen molar-refractivity contribution in [1.29, 1.82) is 0 Å². The molecule has 0 aromatic carbocycles. The van der Waals surface area contributed by atoms with Crippen LogP contribution in [-0.2, 0) is 13.1 Å². The van der Waals surface area contributed by atoms with Gasteiger partial charge in [-0.25, -0.2) is 0 Å². The summed E-state index contributed by atoms with van der Waals surface area (Å²) in [6.45, 7) is 10.8. The van der Waals surface area contributed by atoms with E-state index in [1.165, 1.54) is 19.3 Å². The van der Waals surface area contributed by atoms with E-state index in [1.807, 2.05) is 10.7 Å². The zero-order valence-corrected chi connectivity index (χ0v) is 16.0. The van der Waals surface area contributed by atoms with E-state index in [1.54, 1.807) is 11.1 Å². The van der Waals surface area contributed by atoms with Gasteiger partial charge in [-0.3, -0.25) is 9.58 Å². The number of allylic oxidation sites excluding steroid dienone is 1. The van der Waals surface area contributed by atoms with Crippen LogP contribution in [0.2, 0.25) is 0 Å². The van der Waals surface area contributed by atoms with Gasteiger partial charge in [-0.1, -0.05) is 25.0 Å². The molecule has 1 atom stereocenters. The molecule has 1 aliphatic heterocycles. The molecule has 0 saturated carbocycles. The monoisotopic (exact) mass is 347 g/mol. The van der Waals surface area contributed by atoms with Crippen LogP contribution < -0.4 is 0 Å². The maximum absolute atomic E-state index is 9.83. The van der Waals surface area contributed by atoms with Crippen LogP contribution in [0.15, 0.2) is 17.2 Å². The Morgan fingerprint density at radius 1 is 1.28 bits per heavy atom. The molecule has 0 unspecified atom stereocenters. The minimum atomic E-state index is -0.872. The lowest BCUT2D eigenvalue weighted by Crippen LogP contribution is -2.28. The second-order valence-corrected chi connectivity index (χ2v) is 8.36. The lowest BCUT2D eigenvalue weighted by Gasteiger charge is -2.35. The molecule has 2 heterocycles. The van der Waals surface area contributed by atoms with Crippen LogP contribution in [0.1, 0.15) is 70.4 Å². The Labute approximate surface area is 151 Å². The molecule has 25 heavy (non-hydrogen) atoms. The molecule has 5 nitrogen and oxygen atoms in total. The number of aliphatic hydroxyl groups is 2. The fourth-order valence-electron chi connectivity index (χ4n) is 4.49. The van der Waals surface area contributed by atoms with Crippen LogP contribution in [0.5, 0.6) is 0 Å². The van der Waals surface area contributed by atoms with Gasteiger partial charge in [-0.15, -0.1) is 0 Å². The summed E-state index contributed by atoms with van der Waals surface area (Å²) in [6.07, 6.45) is 5.23. The third-order valence-electron chi connectivity index (χ3n) is 5.99. The number of aromatic nitrogens is 2. The summed E-state index contributed by atoms with van der Waals surface area (Å²) >= 11 is 0. The average Bonchev–Trinajstić information content (AvgIpc) is 2.86. The van der Waals surface area contributed by atoms with E-state index in [9.17, 15) is 5.11 Å². The molecule has 3 rings (SSSR count). The van der Waals surface area contributed by atoms with Crippen molar-refractivity contribution in [2.75, 3.05) is 19.7 Å². The summed E-state index contributed by atoms with van der Waals surface area (Å²) in [6, 6.07) is 1.95. The molecular weight excluding hydrogens is 314 g/mol. The quantitative estimate of drug-likeness (QED) is 0.804. The number of fused-ring (bicyclic) bond motifs is 1. The Morgan fingerprint density at radius 3 is 2.80 bits per heavy atom. The lowest BCUT2D eigenvalue weighted by molar-refractivity contribution is 0.0916. The van der Waals surface area contributed by atoms with Crippen molar-refractivity contribution in [1.82, 2.24) is 14.7 Å². The van der Waals surface area contributed by atoms with Crippen molar-refractivity contribution in [3.05, 3.63) is 28.6 Å². The molecule has 0 saturated heterocycles. The third-order valence-corrected chi connectivity index (χ3v) is 5.99. The van der Waals surface area contributed by atoms with E-state index in [-0.39, 0.29) is 6.61 Å². The minimum Gasteiger partial charge on any atom is -0.393 e.